The Bertz CT molecular complexity index is 441. The fraction of sp³-hybridized carbons (Fsp3) is 0.571. The highest BCUT2D eigenvalue weighted by Crippen LogP contribution is 2.59. The number of fused-ring (bicyclic) bond motifs is 4. The summed E-state index contributed by atoms with van der Waals surface area (Å²) in [7, 11) is 0. The second-order valence-corrected chi connectivity index (χ2v) is 5.50. The van der Waals surface area contributed by atoms with E-state index in [-0.39, 0.29) is 17.8 Å². The maximum absolute atomic E-state index is 6.20. The Balaban J connectivity index is 1.97. The minimum Gasteiger partial charge on any atom is -0.371 e. The molecule has 2 saturated heterocycles. The first-order chi connectivity index (χ1) is 7.72. The minimum atomic E-state index is -0.0750. The van der Waals surface area contributed by atoms with Gasteiger partial charge in [-0.25, -0.2) is 0 Å². The van der Waals surface area contributed by atoms with Crippen LogP contribution in [0, 0.1) is 5.92 Å². The Hall–Kier alpha value is -0.860. The van der Waals surface area contributed by atoms with E-state index in [9.17, 15) is 0 Å². The van der Waals surface area contributed by atoms with E-state index in [1.807, 2.05) is 0 Å². The van der Waals surface area contributed by atoms with Crippen LogP contribution in [0.4, 0.5) is 0 Å². The maximum atomic E-state index is 6.20. The SMILES string of the molecule is C[C@H]1[C@@H]2O[C@H]3[C@H](CO[C@@]13C)c1ccccc12. The van der Waals surface area contributed by atoms with E-state index in [4.69, 9.17) is 9.47 Å². The molecule has 2 heteroatoms. The minimum absolute atomic E-state index is 0.0750. The van der Waals surface area contributed by atoms with Gasteiger partial charge in [0, 0.05) is 11.8 Å². The lowest BCUT2D eigenvalue weighted by Gasteiger charge is -2.29. The summed E-state index contributed by atoms with van der Waals surface area (Å²) in [4.78, 5) is 0. The highest BCUT2D eigenvalue weighted by Gasteiger charge is 2.62. The molecule has 2 nitrogen and oxygen atoms in total. The van der Waals surface area contributed by atoms with Gasteiger partial charge in [0.15, 0.2) is 0 Å². The summed E-state index contributed by atoms with van der Waals surface area (Å²) in [5, 5.41) is 0. The molecule has 16 heavy (non-hydrogen) atoms. The Kier molecular flexibility index (Phi) is 1.55. The van der Waals surface area contributed by atoms with Gasteiger partial charge < -0.3 is 9.47 Å². The third-order valence-corrected chi connectivity index (χ3v) is 4.86. The lowest BCUT2D eigenvalue weighted by Crippen LogP contribution is -2.37. The summed E-state index contributed by atoms with van der Waals surface area (Å²) in [6.45, 7) is 5.29. The molecule has 3 aliphatic rings. The van der Waals surface area contributed by atoms with Gasteiger partial charge in [-0.15, -0.1) is 0 Å². The van der Waals surface area contributed by atoms with Gasteiger partial charge in [0.1, 0.15) is 0 Å². The highest BCUT2D eigenvalue weighted by molar-refractivity contribution is 5.40. The molecule has 0 radical (unpaired) electrons. The number of ether oxygens (including phenoxy) is 2. The fourth-order valence-electron chi connectivity index (χ4n) is 3.74. The van der Waals surface area contributed by atoms with Crippen molar-refractivity contribution in [3.8, 4) is 0 Å². The van der Waals surface area contributed by atoms with Crippen LogP contribution in [0.25, 0.3) is 0 Å². The van der Waals surface area contributed by atoms with Crippen molar-refractivity contribution in [2.75, 3.05) is 6.61 Å². The van der Waals surface area contributed by atoms with E-state index >= 15 is 0 Å². The molecule has 84 valence electrons. The van der Waals surface area contributed by atoms with Gasteiger partial charge in [0.2, 0.25) is 0 Å². The van der Waals surface area contributed by atoms with Crippen LogP contribution in [0.2, 0.25) is 0 Å². The Morgan fingerprint density at radius 3 is 2.81 bits per heavy atom. The monoisotopic (exact) mass is 216 g/mol. The molecule has 0 aliphatic carbocycles. The summed E-state index contributed by atoms with van der Waals surface area (Å²) >= 11 is 0. The Morgan fingerprint density at radius 2 is 2.00 bits per heavy atom. The smallest absolute Gasteiger partial charge is 0.0975 e. The lowest BCUT2D eigenvalue weighted by molar-refractivity contribution is -0.0249. The van der Waals surface area contributed by atoms with Gasteiger partial charge in [0.05, 0.1) is 24.4 Å². The standard InChI is InChI=1S/C14H16O2/c1-8-12-10-6-4-3-5-9(10)11-7-15-14(8,2)13(11)16-12/h3-6,8,11-13H,7H2,1-2H3/t8-,11+,12-,13-,14-/m0/s1. The van der Waals surface area contributed by atoms with Gasteiger partial charge in [-0.3, -0.25) is 0 Å². The van der Waals surface area contributed by atoms with Gasteiger partial charge in [-0.1, -0.05) is 31.2 Å². The normalized spacial score (nSPS) is 48.1. The lowest BCUT2D eigenvalue weighted by atomic mass is 9.85. The van der Waals surface area contributed by atoms with Gasteiger partial charge in [-0.2, -0.15) is 0 Å². The average molecular weight is 216 g/mol. The van der Waals surface area contributed by atoms with Crippen LogP contribution in [0.1, 0.15) is 37.0 Å². The van der Waals surface area contributed by atoms with Crippen LogP contribution >= 0.6 is 0 Å². The molecule has 5 atom stereocenters. The Morgan fingerprint density at radius 1 is 1.25 bits per heavy atom. The number of rotatable bonds is 0. The largest absolute Gasteiger partial charge is 0.371 e. The zero-order valence-corrected chi connectivity index (χ0v) is 9.64. The zero-order chi connectivity index (χ0) is 10.9. The fourth-order valence-corrected chi connectivity index (χ4v) is 3.74. The number of benzene rings is 1. The topological polar surface area (TPSA) is 18.5 Å². The zero-order valence-electron chi connectivity index (χ0n) is 9.64. The van der Waals surface area contributed by atoms with Crippen LogP contribution in [-0.4, -0.2) is 18.3 Å². The summed E-state index contributed by atoms with van der Waals surface area (Å²) in [6, 6.07) is 8.71. The quantitative estimate of drug-likeness (QED) is 0.663. The highest BCUT2D eigenvalue weighted by atomic mass is 16.6. The first kappa shape index (κ1) is 9.20. The van der Waals surface area contributed by atoms with Crippen molar-refractivity contribution in [2.45, 2.75) is 37.6 Å². The third-order valence-electron chi connectivity index (χ3n) is 4.86. The van der Waals surface area contributed by atoms with Crippen LogP contribution in [0.3, 0.4) is 0 Å². The molecule has 3 heterocycles. The number of hydrogen-bond donors (Lipinski definition) is 0. The van der Waals surface area contributed by atoms with Crippen molar-refractivity contribution in [1.29, 1.82) is 0 Å². The molecule has 0 spiro atoms. The van der Waals surface area contributed by atoms with Crippen molar-refractivity contribution in [3.05, 3.63) is 35.4 Å². The molecule has 4 rings (SSSR count). The maximum Gasteiger partial charge on any atom is 0.0975 e. The molecule has 2 bridgehead atoms. The molecule has 0 aromatic heterocycles. The van der Waals surface area contributed by atoms with E-state index in [1.165, 1.54) is 11.1 Å². The summed E-state index contributed by atoms with van der Waals surface area (Å²) in [6.07, 6.45) is 0.505. The van der Waals surface area contributed by atoms with E-state index in [1.54, 1.807) is 0 Å². The summed E-state index contributed by atoms with van der Waals surface area (Å²) in [5.41, 5.74) is 2.77. The molecule has 0 unspecified atom stereocenters. The predicted molar refractivity (Wildman–Crippen MR) is 60.3 cm³/mol. The first-order valence-electron chi connectivity index (χ1n) is 6.10. The van der Waals surface area contributed by atoms with Crippen molar-refractivity contribution >= 4 is 0 Å². The van der Waals surface area contributed by atoms with Gasteiger partial charge in [0.25, 0.3) is 0 Å². The molecule has 1 aromatic rings. The first-order valence-corrected chi connectivity index (χ1v) is 6.10. The van der Waals surface area contributed by atoms with Crippen molar-refractivity contribution in [1.82, 2.24) is 0 Å². The van der Waals surface area contributed by atoms with E-state index in [2.05, 4.69) is 38.1 Å². The molecule has 1 aromatic carbocycles. The summed E-state index contributed by atoms with van der Waals surface area (Å²) < 4.78 is 12.2. The van der Waals surface area contributed by atoms with Crippen LogP contribution in [0.15, 0.2) is 24.3 Å². The number of hydrogen-bond acceptors (Lipinski definition) is 2. The van der Waals surface area contributed by atoms with Gasteiger partial charge >= 0.3 is 0 Å². The predicted octanol–water partition coefficient (Wildman–Crippen LogP) is 2.65. The third kappa shape index (κ3) is 0.836. The van der Waals surface area contributed by atoms with Crippen molar-refractivity contribution in [2.24, 2.45) is 5.92 Å². The van der Waals surface area contributed by atoms with E-state index < -0.39 is 0 Å². The molecule has 0 N–H and O–H groups in total. The molecule has 3 aliphatic heterocycles. The van der Waals surface area contributed by atoms with Crippen molar-refractivity contribution < 1.29 is 9.47 Å². The second kappa shape index (κ2) is 2.69. The molecular formula is C14H16O2. The molecule has 2 fully saturated rings. The van der Waals surface area contributed by atoms with Crippen molar-refractivity contribution in [3.63, 3.8) is 0 Å². The van der Waals surface area contributed by atoms with Crippen LogP contribution < -0.4 is 0 Å². The molecule has 0 saturated carbocycles. The summed E-state index contributed by atoms with van der Waals surface area (Å²) in [5.74, 6) is 0.897. The molecule has 0 amide bonds. The van der Waals surface area contributed by atoms with Crippen LogP contribution in [0.5, 0.6) is 0 Å². The van der Waals surface area contributed by atoms with E-state index in [0.717, 1.165) is 6.61 Å². The average Bonchev–Trinajstić information content (AvgIpc) is 2.75. The van der Waals surface area contributed by atoms with Gasteiger partial charge in [-0.05, 0) is 18.1 Å². The molecular weight excluding hydrogens is 200 g/mol. The second-order valence-electron chi connectivity index (χ2n) is 5.50. The van der Waals surface area contributed by atoms with Crippen LogP contribution in [-0.2, 0) is 9.47 Å². The van der Waals surface area contributed by atoms with E-state index in [0.29, 0.717) is 11.8 Å². The Labute approximate surface area is 95.6 Å².